The maximum absolute atomic E-state index is 11.3. The van der Waals surface area contributed by atoms with Crippen molar-refractivity contribution in [3.63, 3.8) is 0 Å². The predicted octanol–water partition coefficient (Wildman–Crippen LogP) is 0.630. The number of hydrogen-bond donors (Lipinski definition) is 0. The fourth-order valence-electron chi connectivity index (χ4n) is 1.24. The lowest BCUT2D eigenvalue weighted by Gasteiger charge is -2.19. The minimum Gasteiger partial charge on any atom is -0.446 e. The van der Waals surface area contributed by atoms with Gasteiger partial charge in [-0.2, -0.15) is 0 Å². The number of Topliss-reactive ketones (excluding diaryl/α,β-unsaturated/α-hetero) is 2. The first-order valence-electron chi connectivity index (χ1n) is 4.40. The first-order chi connectivity index (χ1) is 6.15. The lowest BCUT2D eigenvalue weighted by Crippen LogP contribution is -2.39. The molecule has 0 radical (unpaired) electrons. The van der Waals surface area contributed by atoms with Crippen molar-refractivity contribution in [3.05, 3.63) is 0 Å². The molecule has 0 aromatic heterocycles. The molecule has 0 aliphatic carbocycles. The fraction of sp³-hybridized carbons (Fsp3) is 0.667. The lowest BCUT2D eigenvalue weighted by molar-refractivity contribution is -0.165. The first kappa shape index (κ1) is 9.89. The molecule has 1 atom stereocenters. The summed E-state index contributed by atoms with van der Waals surface area (Å²) in [5.41, 5.74) is 0. The van der Waals surface area contributed by atoms with Gasteiger partial charge in [-0.05, 0) is 6.42 Å². The van der Waals surface area contributed by atoms with E-state index < -0.39 is 12.1 Å². The topological polar surface area (TPSA) is 60.4 Å². The number of carbonyl (C=O) groups excluding carboxylic acids is 3. The summed E-state index contributed by atoms with van der Waals surface area (Å²) in [7, 11) is 0. The Morgan fingerprint density at radius 1 is 1.46 bits per heavy atom. The summed E-state index contributed by atoms with van der Waals surface area (Å²) in [6, 6.07) is 0. The molecule has 0 aromatic rings. The maximum atomic E-state index is 11.3. The Labute approximate surface area is 76.3 Å². The molecule has 1 aliphatic rings. The molecule has 1 fully saturated rings. The van der Waals surface area contributed by atoms with Crippen LogP contribution in [-0.2, 0) is 19.1 Å². The second kappa shape index (κ2) is 4.16. The highest BCUT2D eigenvalue weighted by Gasteiger charge is 2.33. The molecule has 1 unspecified atom stereocenters. The normalized spacial score (nSPS) is 22.7. The summed E-state index contributed by atoms with van der Waals surface area (Å²) in [5, 5.41) is 0. The van der Waals surface area contributed by atoms with Crippen molar-refractivity contribution in [1.82, 2.24) is 0 Å². The van der Waals surface area contributed by atoms with Crippen LogP contribution in [0.25, 0.3) is 0 Å². The summed E-state index contributed by atoms with van der Waals surface area (Å²) in [4.78, 5) is 33.2. The van der Waals surface area contributed by atoms with Gasteiger partial charge in [0, 0.05) is 12.8 Å². The van der Waals surface area contributed by atoms with E-state index in [0.717, 1.165) is 0 Å². The van der Waals surface area contributed by atoms with Crippen LogP contribution >= 0.6 is 0 Å². The highest BCUT2D eigenvalue weighted by Crippen LogP contribution is 2.13. The predicted molar refractivity (Wildman–Crippen MR) is 44.0 cm³/mol. The minimum atomic E-state index is -1.11. The van der Waals surface area contributed by atoms with Gasteiger partial charge in [0.15, 0.2) is 11.6 Å². The Morgan fingerprint density at radius 2 is 2.15 bits per heavy atom. The Bertz CT molecular complexity index is 244. The minimum absolute atomic E-state index is 0.106. The highest BCUT2D eigenvalue weighted by molar-refractivity contribution is 6.08. The van der Waals surface area contributed by atoms with E-state index in [1.54, 1.807) is 0 Å². The summed E-state index contributed by atoms with van der Waals surface area (Å²) in [5.74, 6) is -0.993. The third-order valence-corrected chi connectivity index (χ3v) is 1.91. The smallest absolute Gasteiger partial charge is 0.307 e. The van der Waals surface area contributed by atoms with E-state index in [0.29, 0.717) is 12.8 Å². The van der Waals surface area contributed by atoms with Gasteiger partial charge < -0.3 is 4.74 Å². The molecule has 0 N–H and O–H groups in total. The summed E-state index contributed by atoms with van der Waals surface area (Å²) < 4.78 is 4.67. The average molecular weight is 184 g/mol. The summed E-state index contributed by atoms with van der Waals surface area (Å²) >= 11 is 0. The standard InChI is InChI=1S/C9H12O4/c1-2-3-6(10)9-7(11)4-5-8(12)13-9/h9H,2-5H2,1H3. The summed E-state index contributed by atoms with van der Waals surface area (Å²) in [6.45, 7) is 1.84. The zero-order chi connectivity index (χ0) is 9.84. The molecule has 1 heterocycles. The number of ether oxygens (including phenoxy) is 1. The molecule has 1 rings (SSSR count). The van der Waals surface area contributed by atoms with Crippen LogP contribution in [-0.4, -0.2) is 23.6 Å². The Balaban J connectivity index is 2.60. The van der Waals surface area contributed by atoms with Crippen LogP contribution in [0.5, 0.6) is 0 Å². The second-order valence-electron chi connectivity index (χ2n) is 3.05. The SMILES string of the molecule is CCCC(=O)C1OC(=O)CCC1=O. The van der Waals surface area contributed by atoms with Gasteiger partial charge in [0.2, 0.25) is 6.10 Å². The quantitative estimate of drug-likeness (QED) is 0.476. The Hall–Kier alpha value is -1.19. The van der Waals surface area contributed by atoms with Crippen LogP contribution in [0.4, 0.5) is 0 Å². The van der Waals surface area contributed by atoms with Crippen molar-refractivity contribution in [3.8, 4) is 0 Å². The number of ketones is 2. The van der Waals surface area contributed by atoms with E-state index in [-0.39, 0.29) is 24.4 Å². The molecule has 1 saturated heterocycles. The van der Waals surface area contributed by atoms with Gasteiger partial charge in [0.25, 0.3) is 0 Å². The van der Waals surface area contributed by atoms with Gasteiger partial charge in [0.05, 0.1) is 6.42 Å². The van der Waals surface area contributed by atoms with Gasteiger partial charge >= 0.3 is 5.97 Å². The third kappa shape index (κ3) is 2.37. The molecule has 0 aromatic carbocycles. The molecular formula is C9H12O4. The Morgan fingerprint density at radius 3 is 2.77 bits per heavy atom. The zero-order valence-corrected chi connectivity index (χ0v) is 7.54. The summed E-state index contributed by atoms with van der Waals surface area (Å²) in [6.07, 6.45) is 0.0959. The second-order valence-corrected chi connectivity index (χ2v) is 3.05. The molecule has 4 nitrogen and oxygen atoms in total. The highest BCUT2D eigenvalue weighted by atomic mass is 16.6. The van der Waals surface area contributed by atoms with Crippen LogP contribution in [0.1, 0.15) is 32.6 Å². The fourth-order valence-corrected chi connectivity index (χ4v) is 1.24. The van der Waals surface area contributed by atoms with Crippen molar-refractivity contribution in [2.75, 3.05) is 0 Å². The molecule has 72 valence electrons. The van der Waals surface area contributed by atoms with E-state index in [9.17, 15) is 14.4 Å². The van der Waals surface area contributed by atoms with Crippen molar-refractivity contribution >= 4 is 17.5 Å². The van der Waals surface area contributed by atoms with E-state index in [2.05, 4.69) is 4.74 Å². The van der Waals surface area contributed by atoms with Crippen molar-refractivity contribution in [2.45, 2.75) is 38.7 Å². The van der Waals surface area contributed by atoms with Gasteiger partial charge in [-0.25, -0.2) is 0 Å². The Kier molecular flexibility index (Phi) is 3.17. The van der Waals surface area contributed by atoms with E-state index in [1.165, 1.54) is 0 Å². The third-order valence-electron chi connectivity index (χ3n) is 1.91. The monoisotopic (exact) mass is 184 g/mol. The van der Waals surface area contributed by atoms with Gasteiger partial charge in [-0.1, -0.05) is 6.92 Å². The number of esters is 1. The number of cyclic esters (lactones) is 1. The maximum Gasteiger partial charge on any atom is 0.307 e. The zero-order valence-electron chi connectivity index (χ0n) is 7.54. The molecular weight excluding hydrogens is 172 g/mol. The molecule has 0 spiro atoms. The van der Waals surface area contributed by atoms with Gasteiger partial charge in [-0.3, -0.25) is 14.4 Å². The van der Waals surface area contributed by atoms with Crippen LogP contribution in [0.2, 0.25) is 0 Å². The van der Waals surface area contributed by atoms with Crippen LogP contribution in [0.15, 0.2) is 0 Å². The number of carbonyl (C=O) groups is 3. The van der Waals surface area contributed by atoms with Crippen molar-refractivity contribution < 1.29 is 19.1 Å². The van der Waals surface area contributed by atoms with Gasteiger partial charge in [0.1, 0.15) is 0 Å². The largest absolute Gasteiger partial charge is 0.446 e. The first-order valence-corrected chi connectivity index (χ1v) is 4.40. The van der Waals surface area contributed by atoms with Crippen molar-refractivity contribution in [2.24, 2.45) is 0 Å². The molecule has 0 amide bonds. The van der Waals surface area contributed by atoms with E-state index in [4.69, 9.17) is 0 Å². The lowest BCUT2D eigenvalue weighted by atomic mass is 10.0. The average Bonchev–Trinajstić information content (AvgIpc) is 2.09. The van der Waals surface area contributed by atoms with Crippen LogP contribution < -0.4 is 0 Å². The number of hydrogen-bond acceptors (Lipinski definition) is 4. The molecule has 13 heavy (non-hydrogen) atoms. The van der Waals surface area contributed by atoms with Crippen LogP contribution in [0.3, 0.4) is 0 Å². The molecule has 1 aliphatic heterocycles. The van der Waals surface area contributed by atoms with Crippen molar-refractivity contribution in [1.29, 1.82) is 0 Å². The molecule has 4 heteroatoms. The van der Waals surface area contributed by atoms with E-state index in [1.807, 2.05) is 6.92 Å². The number of rotatable bonds is 3. The van der Waals surface area contributed by atoms with E-state index >= 15 is 0 Å². The molecule has 0 saturated carbocycles. The van der Waals surface area contributed by atoms with Gasteiger partial charge in [-0.15, -0.1) is 0 Å². The molecule has 0 bridgehead atoms. The van der Waals surface area contributed by atoms with Crippen LogP contribution in [0, 0.1) is 0 Å².